The van der Waals surface area contributed by atoms with Gasteiger partial charge in [-0.1, -0.05) is 12.8 Å². The summed E-state index contributed by atoms with van der Waals surface area (Å²) in [6.45, 7) is 2.90. The lowest BCUT2D eigenvalue weighted by molar-refractivity contribution is -0.139. The summed E-state index contributed by atoms with van der Waals surface area (Å²) >= 11 is 0. The largest absolute Gasteiger partial charge is 0.481 e. The van der Waals surface area contributed by atoms with Gasteiger partial charge in [0, 0.05) is 18.5 Å². The Balaban J connectivity index is 2.05. The van der Waals surface area contributed by atoms with Gasteiger partial charge in [0.25, 0.3) is 0 Å². The Morgan fingerprint density at radius 1 is 1.37 bits per heavy atom. The first kappa shape index (κ1) is 14.3. The third-order valence-electron chi connectivity index (χ3n) is 4.35. The first-order chi connectivity index (χ1) is 9.09. The van der Waals surface area contributed by atoms with E-state index in [-0.39, 0.29) is 24.4 Å². The third-order valence-corrected chi connectivity index (χ3v) is 4.35. The summed E-state index contributed by atoms with van der Waals surface area (Å²) in [6, 6.07) is 0.314. The molecular weight excluding hydrogens is 244 g/mol. The zero-order chi connectivity index (χ0) is 13.8. The van der Waals surface area contributed by atoms with Crippen molar-refractivity contribution in [2.24, 2.45) is 0 Å². The van der Waals surface area contributed by atoms with Gasteiger partial charge in [0.1, 0.15) is 0 Å². The molecule has 1 saturated heterocycles. The molecule has 0 bridgehead atoms. The Labute approximate surface area is 114 Å². The van der Waals surface area contributed by atoms with E-state index < -0.39 is 5.97 Å². The summed E-state index contributed by atoms with van der Waals surface area (Å²) in [5.74, 6) is -0.725. The van der Waals surface area contributed by atoms with E-state index in [9.17, 15) is 9.59 Å². The van der Waals surface area contributed by atoms with Crippen LogP contribution in [0.3, 0.4) is 0 Å². The Kier molecular flexibility index (Phi) is 4.80. The van der Waals surface area contributed by atoms with Crippen molar-refractivity contribution in [3.8, 4) is 0 Å². The topological polar surface area (TPSA) is 69.6 Å². The summed E-state index contributed by atoms with van der Waals surface area (Å²) < 4.78 is 0. The molecule has 2 aliphatic rings. The molecule has 0 aromatic carbocycles. The average molecular weight is 268 g/mol. The highest BCUT2D eigenvalue weighted by atomic mass is 16.4. The molecule has 0 aromatic heterocycles. The molecule has 5 nitrogen and oxygen atoms in total. The van der Waals surface area contributed by atoms with Gasteiger partial charge in [0.2, 0.25) is 5.91 Å². The highest BCUT2D eigenvalue weighted by molar-refractivity contribution is 5.83. The smallest absolute Gasteiger partial charge is 0.303 e. The van der Waals surface area contributed by atoms with Crippen LogP contribution in [0.1, 0.15) is 51.9 Å². The Hall–Kier alpha value is -1.10. The fourth-order valence-electron chi connectivity index (χ4n) is 3.31. The number of rotatable bonds is 4. The van der Waals surface area contributed by atoms with E-state index in [4.69, 9.17) is 5.11 Å². The molecular formula is C14H24N2O3. The van der Waals surface area contributed by atoms with Crippen LogP contribution in [0.25, 0.3) is 0 Å². The molecule has 2 atom stereocenters. The van der Waals surface area contributed by atoms with E-state index in [1.807, 2.05) is 4.90 Å². The fraction of sp³-hybridized carbons (Fsp3) is 0.857. The summed E-state index contributed by atoms with van der Waals surface area (Å²) in [5.41, 5.74) is 0. The van der Waals surface area contributed by atoms with Crippen molar-refractivity contribution >= 4 is 11.9 Å². The molecule has 5 heteroatoms. The van der Waals surface area contributed by atoms with Crippen molar-refractivity contribution in [2.75, 3.05) is 6.54 Å². The highest BCUT2D eigenvalue weighted by Gasteiger charge is 2.36. The van der Waals surface area contributed by atoms with Gasteiger partial charge < -0.3 is 15.3 Å². The molecule has 2 rings (SSSR count). The fourth-order valence-corrected chi connectivity index (χ4v) is 3.31. The normalized spacial score (nSPS) is 29.5. The van der Waals surface area contributed by atoms with Crippen molar-refractivity contribution in [3.05, 3.63) is 0 Å². The number of carbonyl (C=O) groups is 2. The zero-order valence-corrected chi connectivity index (χ0v) is 11.6. The minimum atomic E-state index is -0.834. The van der Waals surface area contributed by atoms with E-state index in [1.165, 1.54) is 12.8 Å². The maximum Gasteiger partial charge on any atom is 0.303 e. The number of carboxylic acids is 1. The van der Waals surface area contributed by atoms with Gasteiger partial charge in [-0.2, -0.15) is 0 Å². The number of aliphatic carboxylic acids is 1. The lowest BCUT2D eigenvalue weighted by Crippen LogP contribution is -2.50. The van der Waals surface area contributed by atoms with E-state index in [2.05, 4.69) is 12.2 Å². The standard InChI is InChI=1S/C14H24N2O3/c1-10-8-9-15-12(6-7-13(17)18)14(19)16(10)11-4-2-3-5-11/h10-12,15H,2-9H2,1H3,(H,17,18). The van der Waals surface area contributed by atoms with Gasteiger partial charge in [-0.25, -0.2) is 0 Å². The van der Waals surface area contributed by atoms with Crippen LogP contribution in [0.5, 0.6) is 0 Å². The second-order valence-corrected chi connectivity index (χ2v) is 5.76. The number of nitrogens with zero attached hydrogens (tertiary/aromatic N) is 1. The van der Waals surface area contributed by atoms with Gasteiger partial charge in [-0.15, -0.1) is 0 Å². The highest BCUT2D eigenvalue weighted by Crippen LogP contribution is 2.28. The summed E-state index contributed by atoms with van der Waals surface area (Å²) in [4.78, 5) is 25.4. The summed E-state index contributed by atoms with van der Waals surface area (Å²) in [5, 5.41) is 12.0. The molecule has 108 valence electrons. The summed E-state index contributed by atoms with van der Waals surface area (Å²) in [6.07, 6.45) is 6.00. The molecule has 0 spiro atoms. The lowest BCUT2D eigenvalue weighted by atomic mass is 10.1. The van der Waals surface area contributed by atoms with Crippen molar-refractivity contribution < 1.29 is 14.7 Å². The molecule has 19 heavy (non-hydrogen) atoms. The van der Waals surface area contributed by atoms with E-state index in [0.29, 0.717) is 12.5 Å². The Bertz CT molecular complexity index is 340. The minimum absolute atomic E-state index is 0.0519. The van der Waals surface area contributed by atoms with Gasteiger partial charge in [0.15, 0.2) is 0 Å². The first-order valence-electron chi connectivity index (χ1n) is 7.37. The number of carbonyl (C=O) groups excluding carboxylic acids is 1. The molecule has 1 aliphatic carbocycles. The van der Waals surface area contributed by atoms with Crippen molar-refractivity contribution in [1.29, 1.82) is 0 Å². The predicted molar refractivity (Wildman–Crippen MR) is 71.8 cm³/mol. The third kappa shape index (κ3) is 3.47. The number of amides is 1. The van der Waals surface area contributed by atoms with Gasteiger partial charge in [-0.3, -0.25) is 9.59 Å². The van der Waals surface area contributed by atoms with E-state index in [0.717, 1.165) is 25.8 Å². The zero-order valence-electron chi connectivity index (χ0n) is 11.6. The maximum absolute atomic E-state index is 12.6. The molecule has 2 unspecified atom stereocenters. The molecule has 0 radical (unpaired) electrons. The van der Waals surface area contributed by atoms with Crippen LogP contribution >= 0.6 is 0 Å². The molecule has 1 heterocycles. The minimum Gasteiger partial charge on any atom is -0.481 e. The van der Waals surface area contributed by atoms with Crippen LogP contribution in [0.4, 0.5) is 0 Å². The Morgan fingerprint density at radius 3 is 2.68 bits per heavy atom. The molecule has 0 aromatic rings. The number of carboxylic acid groups (broad SMARTS) is 1. The molecule has 1 amide bonds. The summed E-state index contributed by atoms with van der Waals surface area (Å²) in [7, 11) is 0. The van der Waals surface area contributed by atoms with E-state index in [1.54, 1.807) is 0 Å². The maximum atomic E-state index is 12.6. The van der Waals surface area contributed by atoms with Crippen LogP contribution in [0.2, 0.25) is 0 Å². The predicted octanol–water partition coefficient (Wildman–Crippen LogP) is 1.37. The van der Waals surface area contributed by atoms with Gasteiger partial charge >= 0.3 is 5.97 Å². The van der Waals surface area contributed by atoms with Crippen molar-refractivity contribution in [3.63, 3.8) is 0 Å². The molecule has 1 aliphatic heterocycles. The van der Waals surface area contributed by atoms with Crippen LogP contribution in [-0.4, -0.2) is 46.6 Å². The molecule has 2 fully saturated rings. The quantitative estimate of drug-likeness (QED) is 0.808. The van der Waals surface area contributed by atoms with Crippen LogP contribution in [0.15, 0.2) is 0 Å². The second-order valence-electron chi connectivity index (χ2n) is 5.76. The lowest BCUT2D eigenvalue weighted by Gasteiger charge is -2.34. The van der Waals surface area contributed by atoms with Gasteiger partial charge in [-0.05, 0) is 39.2 Å². The number of hydrogen-bond acceptors (Lipinski definition) is 3. The number of hydrogen-bond donors (Lipinski definition) is 2. The van der Waals surface area contributed by atoms with Gasteiger partial charge in [0.05, 0.1) is 6.04 Å². The van der Waals surface area contributed by atoms with Crippen molar-refractivity contribution in [1.82, 2.24) is 10.2 Å². The molecule has 1 saturated carbocycles. The van der Waals surface area contributed by atoms with Crippen LogP contribution < -0.4 is 5.32 Å². The monoisotopic (exact) mass is 268 g/mol. The number of nitrogens with one attached hydrogen (secondary N) is 1. The average Bonchev–Trinajstić information content (AvgIpc) is 2.82. The first-order valence-corrected chi connectivity index (χ1v) is 7.37. The van der Waals surface area contributed by atoms with Crippen molar-refractivity contribution in [2.45, 2.75) is 70.0 Å². The van der Waals surface area contributed by atoms with Crippen LogP contribution in [-0.2, 0) is 9.59 Å². The SMILES string of the molecule is CC1CCNC(CCC(=O)O)C(=O)N1C1CCCC1. The van der Waals surface area contributed by atoms with Crippen LogP contribution in [0, 0.1) is 0 Å². The Morgan fingerprint density at radius 2 is 2.05 bits per heavy atom. The second kappa shape index (κ2) is 6.37. The molecule has 2 N–H and O–H groups in total. The van der Waals surface area contributed by atoms with E-state index >= 15 is 0 Å².